The molecule has 0 saturated carbocycles. The molecule has 2 rings (SSSR count). The van der Waals surface area contributed by atoms with Crippen molar-refractivity contribution in [2.75, 3.05) is 0 Å². The van der Waals surface area contributed by atoms with Crippen molar-refractivity contribution < 1.29 is 4.39 Å². The Kier molecular flexibility index (Phi) is 4.77. The van der Waals surface area contributed by atoms with E-state index in [1.165, 1.54) is 18.3 Å². The molecule has 0 atom stereocenters. The van der Waals surface area contributed by atoms with Crippen LogP contribution in [0, 0.1) is 5.82 Å². The number of aromatic nitrogens is 2. The number of nitrogens with zero attached hydrogens (tertiary/aromatic N) is 2. The predicted molar refractivity (Wildman–Crippen MR) is 82.5 cm³/mol. The van der Waals surface area contributed by atoms with Gasteiger partial charge in [0.1, 0.15) is 11.6 Å². The van der Waals surface area contributed by atoms with E-state index in [4.69, 9.17) is 11.5 Å². The SMILES string of the molecule is CCC(/C=C\N)=C(/N)Cn1ccnc1-c1cccc(F)c1. The molecule has 0 fully saturated rings. The van der Waals surface area contributed by atoms with Gasteiger partial charge in [-0.1, -0.05) is 19.1 Å². The molecular formula is C16H19FN4. The van der Waals surface area contributed by atoms with Gasteiger partial charge in [-0.05, 0) is 36.4 Å². The highest BCUT2D eigenvalue weighted by Crippen LogP contribution is 2.19. The third-order valence-electron chi connectivity index (χ3n) is 3.23. The molecule has 0 bridgehead atoms. The van der Waals surface area contributed by atoms with Crippen LogP contribution in [0.25, 0.3) is 11.4 Å². The van der Waals surface area contributed by atoms with Crippen molar-refractivity contribution in [3.63, 3.8) is 0 Å². The summed E-state index contributed by atoms with van der Waals surface area (Å²) in [6.07, 6.45) is 7.58. The van der Waals surface area contributed by atoms with Crippen LogP contribution in [0.3, 0.4) is 0 Å². The van der Waals surface area contributed by atoms with Gasteiger partial charge in [0.2, 0.25) is 0 Å². The summed E-state index contributed by atoms with van der Waals surface area (Å²) in [5, 5.41) is 0. The van der Waals surface area contributed by atoms with E-state index in [1.54, 1.807) is 18.3 Å². The lowest BCUT2D eigenvalue weighted by Gasteiger charge is -2.11. The van der Waals surface area contributed by atoms with Gasteiger partial charge in [-0.25, -0.2) is 9.37 Å². The third-order valence-corrected chi connectivity index (χ3v) is 3.23. The molecule has 110 valence electrons. The molecule has 1 aromatic heterocycles. The topological polar surface area (TPSA) is 69.9 Å². The van der Waals surface area contributed by atoms with Gasteiger partial charge >= 0.3 is 0 Å². The monoisotopic (exact) mass is 286 g/mol. The maximum Gasteiger partial charge on any atom is 0.140 e. The van der Waals surface area contributed by atoms with E-state index in [0.717, 1.165) is 23.3 Å². The Morgan fingerprint density at radius 1 is 1.43 bits per heavy atom. The molecule has 21 heavy (non-hydrogen) atoms. The van der Waals surface area contributed by atoms with Crippen LogP contribution in [0.15, 0.2) is 60.2 Å². The Hall–Kier alpha value is -2.56. The van der Waals surface area contributed by atoms with Gasteiger partial charge in [-0.15, -0.1) is 0 Å². The lowest BCUT2D eigenvalue weighted by Crippen LogP contribution is -2.11. The molecule has 0 unspecified atom stereocenters. The lowest BCUT2D eigenvalue weighted by molar-refractivity contribution is 0.628. The van der Waals surface area contributed by atoms with Crippen molar-refractivity contribution in [1.82, 2.24) is 9.55 Å². The van der Waals surface area contributed by atoms with Crippen molar-refractivity contribution in [3.8, 4) is 11.4 Å². The summed E-state index contributed by atoms with van der Waals surface area (Å²) in [5.74, 6) is 0.399. The van der Waals surface area contributed by atoms with E-state index in [2.05, 4.69) is 4.98 Å². The van der Waals surface area contributed by atoms with E-state index in [0.29, 0.717) is 12.4 Å². The van der Waals surface area contributed by atoms with E-state index in [9.17, 15) is 4.39 Å². The van der Waals surface area contributed by atoms with Gasteiger partial charge < -0.3 is 16.0 Å². The second kappa shape index (κ2) is 6.74. The first kappa shape index (κ1) is 14.8. The summed E-state index contributed by atoms with van der Waals surface area (Å²) < 4.78 is 15.2. The molecule has 5 heteroatoms. The van der Waals surface area contributed by atoms with Gasteiger partial charge in [-0.2, -0.15) is 0 Å². The summed E-state index contributed by atoms with van der Waals surface area (Å²) in [6.45, 7) is 2.50. The number of nitrogens with two attached hydrogens (primary N) is 2. The zero-order valence-corrected chi connectivity index (χ0v) is 12.0. The Bertz CT molecular complexity index is 670. The van der Waals surface area contributed by atoms with Crippen LogP contribution in [-0.2, 0) is 6.54 Å². The summed E-state index contributed by atoms with van der Waals surface area (Å²) in [7, 11) is 0. The molecule has 1 heterocycles. The largest absolute Gasteiger partial charge is 0.405 e. The molecule has 0 radical (unpaired) electrons. The fraction of sp³-hybridized carbons (Fsp3) is 0.188. The first-order valence-electron chi connectivity index (χ1n) is 6.78. The number of rotatable bonds is 5. The predicted octanol–water partition coefficient (Wildman–Crippen LogP) is 2.78. The van der Waals surface area contributed by atoms with Crippen molar-refractivity contribution >= 4 is 0 Å². The summed E-state index contributed by atoms with van der Waals surface area (Å²) in [6, 6.07) is 6.35. The van der Waals surface area contributed by atoms with Crippen LogP contribution in [-0.4, -0.2) is 9.55 Å². The number of halogens is 1. The minimum atomic E-state index is -0.286. The van der Waals surface area contributed by atoms with Crippen molar-refractivity contribution in [2.45, 2.75) is 19.9 Å². The first-order chi connectivity index (χ1) is 10.2. The van der Waals surface area contributed by atoms with Crippen LogP contribution in [0.2, 0.25) is 0 Å². The second-order valence-electron chi connectivity index (χ2n) is 4.65. The number of allylic oxidation sites excluding steroid dienone is 3. The molecule has 0 aliphatic heterocycles. The zero-order valence-electron chi connectivity index (χ0n) is 12.0. The number of benzene rings is 1. The van der Waals surface area contributed by atoms with E-state index < -0.39 is 0 Å². The maximum atomic E-state index is 13.3. The van der Waals surface area contributed by atoms with Crippen molar-refractivity contribution in [3.05, 3.63) is 66.0 Å². The minimum Gasteiger partial charge on any atom is -0.405 e. The van der Waals surface area contributed by atoms with Crippen LogP contribution >= 0.6 is 0 Å². The highest BCUT2D eigenvalue weighted by atomic mass is 19.1. The number of hydrogen-bond donors (Lipinski definition) is 2. The highest BCUT2D eigenvalue weighted by Gasteiger charge is 2.08. The Labute approximate surface area is 123 Å². The smallest absolute Gasteiger partial charge is 0.140 e. The van der Waals surface area contributed by atoms with E-state index in [-0.39, 0.29) is 5.82 Å². The number of imidazole rings is 1. The fourth-order valence-electron chi connectivity index (χ4n) is 2.18. The molecule has 2 aromatic rings. The van der Waals surface area contributed by atoms with Gasteiger partial charge in [0.05, 0.1) is 6.54 Å². The van der Waals surface area contributed by atoms with Crippen LogP contribution in [0.5, 0.6) is 0 Å². The standard InChI is InChI=1S/C16H19FN4/c1-2-12(6-7-18)15(19)11-21-9-8-20-16(21)13-4-3-5-14(17)10-13/h3-10H,2,11,18-19H2,1H3/b7-6-,15-12-. The molecule has 0 spiro atoms. The zero-order chi connectivity index (χ0) is 15.2. The Balaban J connectivity index is 2.33. The van der Waals surface area contributed by atoms with E-state index in [1.807, 2.05) is 23.8 Å². The minimum absolute atomic E-state index is 0.286. The van der Waals surface area contributed by atoms with E-state index >= 15 is 0 Å². The molecule has 4 nitrogen and oxygen atoms in total. The van der Waals surface area contributed by atoms with Gasteiger partial charge in [0, 0.05) is 23.7 Å². The number of hydrogen-bond acceptors (Lipinski definition) is 3. The molecule has 1 aromatic carbocycles. The quantitative estimate of drug-likeness (QED) is 0.830. The van der Waals surface area contributed by atoms with Crippen LogP contribution in [0.1, 0.15) is 13.3 Å². The van der Waals surface area contributed by atoms with Crippen molar-refractivity contribution in [2.24, 2.45) is 11.5 Å². The lowest BCUT2D eigenvalue weighted by atomic mass is 10.1. The summed E-state index contributed by atoms with van der Waals surface area (Å²) >= 11 is 0. The molecule has 4 N–H and O–H groups in total. The van der Waals surface area contributed by atoms with Crippen molar-refractivity contribution in [1.29, 1.82) is 0 Å². The maximum absolute atomic E-state index is 13.3. The second-order valence-corrected chi connectivity index (χ2v) is 4.65. The molecule has 0 saturated heterocycles. The third kappa shape index (κ3) is 3.51. The average Bonchev–Trinajstić information content (AvgIpc) is 2.92. The first-order valence-corrected chi connectivity index (χ1v) is 6.78. The average molecular weight is 286 g/mol. The van der Waals surface area contributed by atoms with Gasteiger partial charge in [-0.3, -0.25) is 0 Å². The van der Waals surface area contributed by atoms with Crippen LogP contribution in [0.4, 0.5) is 4.39 Å². The molecule has 0 aliphatic rings. The Morgan fingerprint density at radius 3 is 2.90 bits per heavy atom. The molecule has 0 amide bonds. The molecular weight excluding hydrogens is 267 g/mol. The normalized spacial score (nSPS) is 12.7. The fourth-order valence-corrected chi connectivity index (χ4v) is 2.18. The van der Waals surface area contributed by atoms with Gasteiger partial charge in [0.25, 0.3) is 0 Å². The Morgan fingerprint density at radius 2 is 2.24 bits per heavy atom. The highest BCUT2D eigenvalue weighted by molar-refractivity contribution is 5.55. The summed E-state index contributed by atoms with van der Waals surface area (Å²) in [5.41, 5.74) is 14.0. The molecule has 0 aliphatic carbocycles. The van der Waals surface area contributed by atoms with Crippen LogP contribution < -0.4 is 11.5 Å². The summed E-state index contributed by atoms with van der Waals surface area (Å²) in [4.78, 5) is 4.29. The van der Waals surface area contributed by atoms with Gasteiger partial charge in [0.15, 0.2) is 0 Å².